The van der Waals surface area contributed by atoms with Gasteiger partial charge in [-0.25, -0.2) is 4.98 Å². The van der Waals surface area contributed by atoms with Crippen LogP contribution in [0.2, 0.25) is 0 Å². The summed E-state index contributed by atoms with van der Waals surface area (Å²) in [5.74, 6) is 2.05. The zero-order valence-corrected chi connectivity index (χ0v) is 15.3. The molecule has 3 aliphatic rings. The maximum absolute atomic E-state index is 5.70. The molecule has 2 unspecified atom stereocenters. The first-order valence-corrected chi connectivity index (χ1v) is 9.89. The number of hydrogen-bond donors (Lipinski definition) is 0. The molecule has 2 fully saturated rings. The predicted molar refractivity (Wildman–Crippen MR) is 104 cm³/mol. The predicted octanol–water partition coefficient (Wildman–Crippen LogP) is 4.35. The Hall–Kier alpha value is -2.36. The highest BCUT2D eigenvalue weighted by molar-refractivity contribution is 6.15. The molecule has 2 saturated heterocycles. The highest BCUT2D eigenvalue weighted by Crippen LogP contribution is 2.39. The number of benzene rings is 1. The van der Waals surface area contributed by atoms with E-state index in [0.717, 1.165) is 23.8 Å². The van der Waals surface area contributed by atoms with Gasteiger partial charge in [0.1, 0.15) is 11.6 Å². The summed E-state index contributed by atoms with van der Waals surface area (Å²) in [6.45, 7) is 3.45. The molecule has 1 aromatic carbocycles. The lowest BCUT2D eigenvalue weighted by Crippen LogP contribution is -2.40. The molecule has 3 aliphatic heterocycles. The third kappa shape index (κ3) is 2.59. The lowest BCUT2D eigenvalue weighted by molar-refractivity contribution is 0.340. The monoisotopic (exact) mass is 347 g/mol. The van der Waals surface area contributed by atoms with Gasteiger partial charge in [-0.2, -0.15) is 0 Å². The standard InChI is InChI=1S/C22H25N3O/c1-2-26-19-9-6-16-14-24-22(20(16)13-19)15-10-11-23-21(12-15)25-17-4-3-5-18(25)8-7-17/h6,9-13,17-18H,2-5,7-8,14H2,1H3. The molecule has 1 aromatic heterocycles. The Morgan fingerprint density at radius 3 is 2.73 bits per heavy atom. The molecule has 134 valence electrons. The van der Waals surface area contributed by atoms with Crippen molar-refractivity contribution in [2.45, 2.75) is 57.7 Å². The fourth-order valence-corrected chi connectivity index (χ4v) is 4.86. The molecule has 4 heteroatoms. The number of piperidine rings is 1. The van der Waals surface area contributed by atoms with Gasteiger partial charge < -0.3 is 9.64 Å². The van der Waals surface area contributed by atoms with E-state index in [9.17, 15) is 0 Å². The summed E-state index contributed by atoms with van der Waals surface area (Å²) >= 11 is 0. The molecule has 0 saturated carbocycles. The first-order valence-electron chi connectivity index (χ1n) is 9.89. The average Bonchev–Trinajstić information content (AvgIpc) is 3.20. The van der Waals surface area contributed by atoms with Crippen molar-refractivity contribution in [1.29, 1.82) is 0 Å². The Balaban J connectivity index is 1.49. The summed E-state index contributed by atoms with van der Waals surface area (Å²) in [5.41, 5.74) is 4.73. The van der Waals surface area contributed by atoms with E-state index in [2.05, 4.69) is 29.2 Å². The van der Waals surface area contributed by atoms with Crippen LogP contribution in [0.1, 0.15) is 55.7 Å². The first kappa shape index (κ1) is 15.9. The third-order valence-electron chi connectivity index (χ3n) is 6.03. The van der Waals surface area contributed by atoms with Crippen molar-refractivity contribution >= 4 is 11.5 Å². The van der Waals surface area contributed by atoms with Crippen LogP contribution in [-0.4, -0.2) is 29.4 Å². The molecule has 2 atom stereocenters. The molecule has 0 amide bonds. The van der Waals surface area contributed by atoms with E-state index < -0.39 is 0 Å². The van der Waals surface area contributed by atoms with Gasteiger partial charge in [-0.15, -0.1) is 0 Å². The summed E-state index contributed by atoms with van der Waals surface area (Å²) in [7, 11) is 0. The zero-order chi connectivity index (χ0) is 17.5. The van der Waals surface area contributed by atoms with E-state index in [1.54, 1.807) is 0 Å². The minimum Gasteiger partial charge on any atom is -0.494 e. The van der Waals surface area contributed by atoms with Gasteiger partial charge in [0.25, 0.3) is 0 Å². The fraction of sp³-hybridized carbons (Fsp3) is 0.455. The molecule has 0 spiro atoms. The number of fused-ring (bicyclic) bond motifs is 3. The van der Waals surface area contributed by atoms with Crippen LogP contribution < -0.4 is 9.64 Å². The van der Waals surface area contributed by atoms with Crippen molar-refractivity contribution < 1.29 is 4.74 Å². The number of anilines is 1. The number of pyridine rings is 1. The van der Waals surface area contributed by atoms with Gasteiger partial charge in [0.05, 0.1) is 18.9 Å². The summed E-state index contributed by atoms with van der Waals surface area (Å²) in [5, 5.41) is 0. The maximum atomic E-state index is 5.70. The van der Waals surface area contributed by atoms with Gasteiger partial charge in [-0.3, -0.25) is 4.99 Å². The van der Waals surface area contributed by atoms with Crippen molar-refractivity contribution in [1.82, 2.24) is 4.98 Å². The van der Waals surface area contributed by atoms with Gasteiger partial charge in [0.2, 0.25) is 0 Å². The van der Waals surface area contributed by atoms with Crippen LogP contribution in [0.15, 0.2) is 41.5 Å². The normalized spacial score (nSPS) is 23.7. The second-order valence-electron chi connectivity index (χ2n) is 7.54. The van der Waals surface area contributed by atoms with E-state index in [4.69, 9.17) is 14.7 Å². The molecule has 5 rings (SSSR count). The zero-order valence-electron chi connectivity index (χ0n) is 15.3. The van der Waals surface area contributed by atoms with E-state index in [-0.39, 0.29) is 0 Å². The Morgan fingerprint density at radius 1 is 1.08 bits per heavy atom. The van der Waals surface area contributed by atoms with Crippen molar-refractivity contribution in [3.05, 3.63) is 53.2 Å². The highest BCUT2D eigenvalue weighted by Gasteiger charge is 2.37. The van der Waals surface area contributed by atoms with Gasteiger partial charge >= 0.3 is 0 Å². The van der Waals surface area contributed by atoms with Gasteiger partial charge in [-0.1, -0.05) is 6.07 Å². The summed E-state index contributed by atoms with van der Waals surface area (Å²) < 4.78 is 5.70. The second-order valence-corrected chi connectivity index (χ2v) is 7.54. The molecule has 2 bridgehead atoms. The van der Waals surface area contributed by atoms with Crippen molar-refractivity contribution in [3.63, 3.8) is 0 Å². The van der Waals surface area contributed by atoms with Crippen LogP contribution in [0, 0.1) is 0 Å². The molecule has 0 N–H and O–H groups in total. The number of aromatic nitrogens is 1. The average molecular weight is 347 g/mol. The summed E-state index contributed by atoms with van der Waals surface area (Å²) in [6.07, 6.45) is 8.57. The smallest absolute Gasteiger partial charge is 0.129 e. The van der Waals surface area contributed by atoms with Crippen molar-refractivity contribution in [3.8, 4) is 5.75 Å². The van der Waals surface area contributed by atoms with Gasteiger partial charge in [0.15, 0.2) is 0 Å². The quantitative estimate of drug-likeness (QED) is 0.825. The summed E-state index contributed by atoms with van der Waals surface area (Å²) in [4.78, 5) is 12.1. The maximum Gasteiger partial charge on any atom is 0.129 e. The van der Waals surface area contributed by atoms with Crippen LogP contribution in [0.25, 0.3) is 0 Å². The Kier molecular flexibility index (Phi) is 3.92. The molecule has 0 radical (unpaired) electrons. The number of hydrogen-bond acceptors (Lipinski definition) is 4. The van der Waals surface area contributed by atoms with Gasteiger partial charge in [0, 0.05) is 29.4 Å². The van der Waals surface area contributed by atoms with Gasteiger partial charge in [-0.05, 0) is 68.9 Å². The first-order chi connectivity index (χ1) is 12.8. The minimum atomic E-state index is 0.679. The number of nitrogens with zero attached hydrogens (tertiary/aromatic N) is 3. The molecule has 4 nitrogen and oxygen atoms in total. The third-order valence-corrected chi connectivity index (χ3v) is 6.03. The van der Waals surface area contributed by atoms with Crippen LogP contribution >= 0.6 is 0 Å². The Bertz CT molecular complexity index is 844. The fourth-order valence-electron chi connectivity index (χ4n) is 4.86. The Morgan fingerprint density at radius 2 is 1.92 bits per heavy atom. The topological polar surface area (TPSA) is 37.7 Å². The minimum absolute atomic E-state index is 0.679. The summed E-state index contributed by atoms with van der Waals surface area (Å²) in [6, 6.07) is 12.0. The molecule has 4 heterocycles. The van der Waals surface area contributed by atoms with Crippen LogP contribution in [0.3, 0.4) is 0 Å². The number of ether oxygens (including phenoxy) is 1. The van der Waals surface area contributed by atoms with E-state index in [1.165, 1.54) is 48.8 Å². The number of aliphatic imine (C=N–C) groups is 1. The van der Waals surface area contributed by atoms with E-state index in [1.807, 2.05) is 19.2 Å². The van der Waals surface area contributed by atoms with Crippen LogP contribution in [-0.2, 0) is 6.54 Å². The Labute approximate surface area is 154 Å². The largest absolute Gasteiger partial charge is 0.494 e. The lowest BCUT2D eigenvalue weighted by atomic mass is 9.99. The number of rotatable bonds is 4. The molecular weight excluding hydrogens is 322 g/mol. The second kappa shape index (κ2) is 6.42. The van der Waals surface area contributed by atoms with Crippen LogP contribution in [0.4, 0.5) is 5.82 Å². The molecular formula is C22H25N3O. The molecule has 2 aromatic rings. The van der Waals surface area contributed by atoms with Crippen LogP contribution in [0.5, 0.6) is 5.75 Å². The SMILES string of the molecule is CCOc1ccc2c(c1)C(c1ccnc(N3C4CCCC3CC4)c1)=NC2. The highest BCUT2D eigenvalue weighted by atomic mass is 16.5. The van der Waals surface area contributed by atoms with Crippen molar-refractivity contribution in [2.75, 3.05) is 11.5 Å². The lowest BCUT2D eigenvalue weighted by Gasteiger charge is -2.36. The van der Waals surface area contributed by atoms with E-state index >= 15 is 0 Å². The molecule has 26 heavy (non-hydrogen) atoms. The molecule has 0 aliphatic carbocycles. The van der Waals surface area contributed by atoms with E-state index in [0.29, 0.717) is 18.7 Å². The van der Waals surface area contributed by atoms with Crippen molar-refractivity contribution in [2.24, 2.45) is 4.99 Å².